The van der Waals surface area contributed by atoms with Crippen LogP contribution in [0.1, 0.15) is 12.8 Å². The van der Waals surface area contributed by atoms with E-state index < -0.39 is 17.7 Å². The summed E-state index contributed by atoms with van der Waals surface area (Å²) in [6, 6.07) is 1.64. The van der Waals surface area contributed by atoms with Gasteiger partial charge in [0.1, 0.15) is 11.7 Å². The number of benzene rings is 1. The molecule has 1 saturated heterocycles. The first-order valence-corrected chi connectivity index (χ1v) is 6.14. The monoisotopic (exact) mass is 269 g/mol. The quantitative estimate of drug-likeness (QED) is 0.830. The predicted molar refractivity (Wildman–Crippen MR) is 69.8 cm³/mol. The lowest BCUT2D eigenvalue weighted by molar-refractivity contribution is -0.129. The molecule has 1 aliphatic rings. The summed E-state index contributed by atoms with van der Waals surface area (Å²) >= 11 is 0. The van der Waals surface area contributed by atoms with Gasteiger partial charge in [-0.1, -0.05) is 0 Å². The molecule has 4 nitrogen and oxygen atoms in total. The lowest BCUT2D eigenvalue weighted by Crippen LogP contribution is -2.43. The number of carbonyl (C=O) groups is 1. The second-order valence-corrected chi connectivity index (χ2v) is 4.92. The van der Waals surface area contributed by atoms with Gasteiger partial charge in [0.25, 0.3) is 0 Å². The zero-order valence-electron chi connectivity index (χ0n) is 11.0. The van der Waals surface area contributed by atoms with E-state index >= 15 is 0 Å². The van der Waals surface area contributed by atoms with Crippen LogP contribution in [0.3, 0.4) is 0 Å². The Morgan fingerprint density at radius 2 is 1.95 bits per heavy atom. The van der Waals surface area contributed by atoms with Crippen LogP contribution in [0.15, 0.2) is 12.1 Å². The Bertz CT molecular complexity index is 482. The topological polar surface area (TPSA) is 49.6 Å². The van der Waals surface area contributed by atoms with Gasteiger partial charge in [-0.15, -0.1) is 0 Å². The van der Waals surface area contributed by atoms with Crippen LogP contribution in [0.25, 0.3) is 0 Å². The Balaban J connectivity index is 2.38. The number of amides is 1. The molecular weight excluding hydrogens is 252 g/mol. The molecule has 0 bridgehead atoms. The van der Waals surface area contributed by atoms with Crippen molar-refractivity contribution in [3.05, 3.63) is 23.8 Å². The molecule has 19 heavy (non-hydrogen) atoms. The van der Waals surface area contributed by atoms with Gasteiger partial charge < -0.3 is 15.5 Å². The van der Waals surface area contributed by atoms with Crippen molar-refractivity contribution in [3.63, 3.8) is 0 Å². The van der Waals surface area contributed by atoms with Gasteiger partial charge >= 0.3 is 0 Å². The van der Waals surface area contributed by atoms with Gasteiger partial charge in [0.05, 0.1) is 0 Å². The molecule has 6 heteroatoms. The van der Waals surface area contributed by atoms with Crippen LogP contribution < -0.4 is 10.6 Å². The standard InChI is InChI=1S/C13H17F2N3O/c1-17(2)13(19)11-4-3-5-18(11)12-9(14)6-8(16)7-10(12)15/h6-7,11H,3-5,16H2,1-2H3. The Labute approximate surface area is 110 Å². The lowest BCUT2D eigenvalue weighted by atomic mass is 10.1. The van der Waals surface area contributed by atoms with Gasteiger partial charge in [-0.05, 0) is 25.0 Å². The highest BCUT2D eigenvalue weighted by molar-refractivity contribution is 5.85. The van der Waals surface area contributed by atoms with Crippen molar-refractivity contribution in [1.82, 2.24) is 4.90 Å². The highest BCUT2D eigenvalue weighted by Crippen LogP contribution is 2.32. The Morgan fingerprint density at radius 1 is 1.37 bits per heavy atom. The summed E-state index contributed by atoms with van der Waals surface area (Å²) in [4.78, 5) is 15.0. The third kappa shape index (κ3) is 2.47. The molecule has 1 aliphatic heterocycles. The summed E-state index contributed by atoms with van der Waals surface area (Å²) in [6.07, 6.45) is 1.33. The first-order valence-electron chi connectivity index (χ1n) is 6.14. The van der Waals surface area contributed by atoms with Crippen LogP contribution in [-0.4, -0.2) is 37.5 Å². The summed E-state index contributed by atoms with van der Waals surface area (Å²) in [5.74, 6) is -1.60. The summed E-state index contributed by atoms with van der Waals surface area (Å²) in [6.45, 7) is 0.460. The van der Waals surface area contributed by atoms with Crippen molar-refractivity contribution in [2.24, 2.45) is 0 Å². The van der Waals surface area contributed by atoms with E-state index in [2.05, 4.69) is 0 Å². The van der Waals surface area contributed by atoms with E-state index in [0.29, 0.717) is 13.0 Å². The van der Waals surface area contributed by atoms with Crippen LogP contribution in [-0.2, 0) is 4.79 Å². The number of rotatable bonds is 2. The van der Waals surface area contributed by atoms with E-state index in [9.17, 15) is 13.6 Å². The summed E-state index contributed by atoms with van der Waals surface area (Å²) < 4.78 is 27.8. The average molecular weight is 269 g/mol. The van der Waals surface area contributed by atoms with Gasteiger partial charge in [-0.2, -0.15) is 0 Å². The maximum atomic E-state index is 13.9. The van der Waals surface area contributed by atoms with E-state index in [4.69, 9.17) is 5.73 Å². The molecule has 0 aromatic heterocycles. The number of hydrogen-bond acceptors (Lipinski definition) is 3. The third-order valence-corrected chi connectivity index (χ3v) is 3.31. The Morgan fingerprint density at radius 3 is 2.47 bits per heavy atom. The highest BCUT2D eigenvalue weighted by atomic mass is 19.1. The van der Waals surface area contributed by atoms with Crippen molar-refractivity contribution in [1.29, 1.82) is 0 Å². The molecular formula is C13H17F2N3O. The van der Waals surface area contributed by atoms with Gasteiger partial charge in [0, 0.05) is 26.3 Å². The predicted octanol–water partition coefficient (Wildman–Crippen LogP) is 1.60. The smallest absolute Gasteiger partial charge is 0.244 e. The van der Waals surface area contributed by atoms with Gasteiger partial charge in [-0.3, -0.25) is 4.79 Å². The molecule has 1 aromatic rings. The molecule has 2 N–H and O–H groups in total. The van der Waals surface area contributed by atoms with Gasteiger partial charge in [0.15, 0.2) is 11.6 Å². The maximum Gasteiger partial charge on any atom is 0.244 e. The number of hydrogen-bond donors (Lipinski definition) is 1. The number of nitrogens with zero attached hydrogens (tertiary/aromatic N) is 2. The van der Waals surface area contributed by atoms with Gasteiger partial charge in [0.2, 0.25) is 5.91 Å². The van der Waals surface area contributed by atoms with Crippen LogP contribution >= 0.6 is 0 Å². The first kappa shape index (κ1) is 13.6. The molecule has 1 unspecified atom stereocenters. The zero-order valence-corrected chi connectivity index (χ0v) is 11.0. The molecule has 0 radical (unpaired) electrons. The molecule has 2 rings (SSSR count). The molecule has 0 aliphatic carbocycles. The molecule has 0 saturated carbocycles. The number of carbonyl (C=O) groups excluding carboxylic acids is 1. The molecule has 1 atom stereocenters. The summed E-state index contributed by atoms with van der Waals surface area (Å²) in [5, 5.41) is 0. The third-order valence-electron chi connectivity index (χ3n) is 3.31. The van der Waals surface area contributed by atoms with Gasteiger partial charge in [-0.25, -0.2) is 8.78 Å². The van der Waals surface area contributed by atoms with E-state index in [1.54, 1.807) is 14.1 Å². The normalized spacial score (nSPS) is 18.7. The van der Waals surface area contributed by atoms with E-state index in [1.807, 2.05) is 0 Å². The maximum absolute atomic E-state index is 13.9. The van der Waals surface area contributed by atoms with Crippen LogP contribution in [0, 0.1) is 11.6 Å². The number of likely N-dealkylation sites (N-methyl/N-ethyl adjacent to an activating group) is 1. The number of nitrogen functional groups attached to an aromatic ring is 1. The van der Waals surface area contributed by atoms with Crippen LogP contribution in [0.4, 0.5) is 20.2 Å². The van der Waals surface area contributed by atoms with Crippen LogP contribution in [0.5, 0.6) is 0 Å². The fourth-order valence-electron chi connectivity index (χ4n) is 2.45. The number of nitrogens with two attached hydrogens (primary N) is 1. The number of anilines is 2. The van der Waals surface area contributed by atoms with Crippen LogP contribution in [0.2, 0.25) is 0 Å². The lowest BCUT2D eigenvalue weighted by Gasteiger charge is -2.28. The fraction of sp³-hybridized carbons (Fsp3) is 0.462. The van der Waals surface area contributed by atoms with E-state index in [0.717, 1.165) is 18.6 Å². The molecule has 1 aromatic carbocycles. The van der Waals surface area contributed by atoms with Crippen molar-refractivity contribution in [2.75, 3.05) is 31.3 Å². The Kier molecular flexibility index (Phi) is 3.59. The molecule has 1 amide bonds. The average Bonchev–Trinajstić information content (AvgIpc) is 2.75. The minimum atomic E-state index is -0.726. The van der Waals surface area contributed by atoms with E-state index in [1.165, 1.54) is 9.80 Å². The largest absolute Gasteiger partial charge is 0.399 e. The SMILES string of the molecule is CN(C)C(=O)C1CCCN1c1c(F)cc(N)cc1F. The molecule has 1 heterocycles. The van der Waals surface area contributed by atoms with Crippen molar-refractivity contribution >= 4 is 17.3 Å². The van der Waals surface area contributed by atoms with E-state index in [-0.39, 0.29) is 17.3 Å². The number of halogens is 2. The molecule has 104 valence electrons. The second kappa shape index (κ2) is 5.03. The fourth-order valence-corrected chi connectivity index (χ4v) is 2.45. The summed E-state index contributed by atoms with van der Waals surface area (Å²) in [7, 11) is 3.27. The van der Waals surface area contributed by atoms with Crippen molar-refractivity contribution < 1.29 is 13.6 Å². The Hall–Kier alpha value is -1.85. The first-order chi connectivity index (χ1) is 8.91. The zero-order chi connectivity index (χ0) is 14.2. The second-order valence-electron chi connectivity index (χ2n) is 4.92. The molecule has 0 spiro atoms. The molecule has 1 fully saturated rings. The highest BCUT2D eigenvalue weighted by Gasteiger charge is 2.34. The van der Waals surface area contributed by atoms with Crippen molar-refractivity contribution in [2.45, 2.75) is 18.9 Å². The minimum Gasteiger partial charge on any atom is -0.399 e. The van der Waals surface area contributed by atoms with Crippen molar-refractivity contribution in [3.8, 4) is 0 Å². The minimum absolute atomic E-state index is 0.0356. The summed E-state index contributed by atoms with van der Waals surface area (Å²) in [5.41, 5.74) is 5.27.